The second-order valence-electron chi connectivity index (χ2n) is 3.16. The monoisotopic (exact) mass is 160 g/mol. The van der Waals surface area contributed by atoms with Gasteiger partial charge in [-0.05, 0) is 6.42 Å². The number of carbonyl (C=O) groups excluding carboxylic acids is 1. The van der Waals surface area contributed by atoms with Crippen LogP contribution in [0, 0.1) is 5.41 Å². The van der Waals surface area contributed by atoms with E-state index in [0.29, 0.717) is 0 Å². The third-order valence-corrected chi connectivity index (χ3v) is 1.96. The Morgan fingerprint density at radius 1 is 1.64 bits per heavy atom. The van der Waals surface area contributed by atoms with E-state index in [4.69, 9.17) is 11.6 Å². The standard InChI is InChI=1S/C7H16N2O2/c1-4-7(2,3)5(10)6(8)11-9/h6H,4,8-9H2,1-3H3/t6-/m0/s1. The molecule has 0 spiro atoms. The van der Waals surface area contributed by atoms with Crippen molar-refractivity contribution in [2.45, 2.75) is 33.4 Å². The predicted octanol–water partition coefficient (Wildman–Crippen LogP) is 0.167. The molecule has 4 heteroatoms. The largest absolute Gasteiger partial charge is 0.298 e. The van der Waals surface area contributed by atoms with Crippen LogP contribution in [0.25, 0.3) is 0 Å². The first-order valence-electron chi connectivity index (χ1n) is 3.61. The van der Waals surface area contributed by atoms with Crippen molar-refractivity contribution in [2.75, 3.05) is 0 Å². The summed E-state index contributed by atoms with van der Waals surface area (Å²) in [5, 5.41) is 0. The molecule has 0 aliphatic carbocycles. The molecule has 0 saturated carbocycles. The van der Waals surface area contributed by atoms with Gasteiger partial charge in [0.2, 0.25) is 0 Å². The van der Waals surface area contributed by atoms with Crippen LogP contribution in [0.15, 0.2) is 0 Å². The van der Waals surface area contributed by atoms with E-state index in [2.05, 4.69) is 4.84 Å². The lowest BCUT2D eigenvalue weighted by atomic mass is 9.84. The van der Waals surface area contributed by atoms with Crippen LogP contribution < -0.4 is 11.6 Å². The summed E-state index contributed by atoms with van der Waals surface area (Å²) < 4.78 is 0. The molecule has 0 rings (SSSR count). The molecule has 0 aromatic carbocycles. The summed E-state index contributed by atoms with van der Waals surface area (Å²) in [4.78, 5) is 15.5. The zero-order valence-corrected chi connectivity index (χ0v) is 7.26. The number of hydrogen-bond acceptors (Lipinski definition) is 4. The van der Waals surface area contributed by atoms with Crippen molar-refractivity contribution < 1.29 is 9.63 Å². The first-order chi connectivity index (χ1) is 4.95. The molecule has 66 valence electrons. The number of carbonyl (C=O) groups is 1. The lowest BCUT2D eigenvalue weighted by molar-refractivity contribution is -0.139. The molecule has 11 heavy (non-hydrogen) atoms. The second kappa shape index (κ2) is 3.80. The van der Waals surface area contributed by atoms with E-state index >= 15 is 0 Å². The number of nitrogens with two attached hydrogens (primary N) is 2. The van der Waals surface area contributed by atoms with Crippen molar-refractivity contribution in [3.05, 3.63) is 0 Å². The highest BCUT2D eigenvalue weighted by Crippen LogP contribution is 2.21. The molecule has 0 heterocycles. The smallest absolute Gasteiger partial charge is 0.186 e. The zero-order valence-electron chi connectivity index (χ0n) is 7.26. The molecule has 4 N–H and O–H groups in total. The van der Waals surface area contributed by atoms with Crippen LogP contribution in [0.3, 0.4) is 0 Å². The van der Waals surface area contributed by atoms with Gasteiger partial charge < -0.3 is 0 Å². The molecule has 1 atom stereocenters. The Labute approximate surface area is 66.8 Å². The highest BCUT2D eigenvalue weighted by Gasteiger charge is 2.30. The molecule has 0 amide bonds. The summed E-state index contributed by atoms with van der Waals surface area (Å²) in [5.41, 5.74) is 4.84. The highest BCUT2D eigenvalue weighted by molar-refractivity contribution is 5.87. The topological polar surface area (TPSA) is 78.3 Å². The molecule has 0 radical (unpaired) electrons. The van der Waals surface area contributed by atoms with Crippen molar-refractivity contribution in [2.24, 2.45) is 17.0 Å². The minimum atomic E-state index is -0.995. The summed E-state index contributed by atoms with van der Waals surface area (Å²) in [6.07, 6.45) is -0.270. The third-order valence-electron chi connectivity index (χ3n) is 1.96. The number of Topliss-reactive ketones (excluding diaryl/α,β-unsaturated/α-hetero) is 1. The molecule has 0 bridgehead atoms. The van der Waals surface area contributed by atoms with Crippen LogP contribution in [0.2, 0.25) is 0 Å². The first kappa shape index (κ1) is 10.6. The summed E-state index contributed by atoms with van der Waals surface area (Å²) in [7, 11) is 0. The Morgan fingerprint density at radius 2 is 2.09 bits per heavy atom. The molecular weight excluding hydrogens is 144 g/mol. The molecular formula is C7H16N2O2. The molecule has 0 unspecified atom stereocenters. The Bertz CT molecular complexity index is 145. The van der Waals surface area contributed by atoms with E-state index in [1.54, 1.807) is 0 Å². The van der Waals surface area contributed by atoms with Crippen molar-refractivity contribution in [1.29, 1.82) is 0 Å². The maximum absolute atomic E-state index is 11.3. The van der Waals surface area contributed by atoms with E-state index in [9.17, 15) is 4.79 Å². The van der Waals surface area contributed by atoms with Crippen molar-refractivity contribution in [3.8, 4) is 0 Å². The van der Waals surface area contributed by atoms with Gasteiger partial charge in [-0.2, -0.15) is 0 Å². The van der Waals surface area contributed by atoms with E-state index in [1.807, 2.05) is 20.8 Å². The minimum absolute atomic E-state index is 0.164. The van der Waals surface area contributed by atoms with Crippen LogP contribution in [-0.2, 0) is 9.63 Å². The second-order valence-corrected chi connectivity index (χ2v) is 3.16. The van der Waals surface area contributed by atoms with Gasteiger partial charge in [0, 0.05) is 5.41 Å². The van der Waals surface area contributed by atoms with Gasteiger partial charge in [-0.15, -0.1) is 0 Å². The van der Waals surface area contributed by atoms with E-state index in [1.165, 1.54) is 0 Å². The molecule has 0 aliphatic rings. The zero-order chi connectivity index (χ0) is 9.07. The van der Waals surface area contributed by atoms with Crippen LogP contribution in [-0.4, -0.2) is 12.0 Å². The van der Waals surface area contributed by atoms with Crippen molar-refractivity contribution >= 4 is 5.78 Å². The van der Waals surface area contributed by atoms with Crippen molar-refractivity contribution in [3.63, 3.8) is 0 Å². The molecule has 0 aromatic rings. The SMILES string of the molecule is CCC(C)(C)C(=O)[C@@H](N)ON. The van der Waals surface area contributed by atoms with Gasteiger partial charge in [-0.1, -0.05) is 20.8 Å². The minimum Gasteiger partial charge on any atom is -0.298 e. The molecule has 0 saturated heterocycles. The van der Waals surface area contributed by atoms with E-state index in [0.717, 1.165) is 6.42 Å². The third kappa shape index (κ3) is 2.57. The van der Waals surface area contributed by atoms with Gasteiger partial charge in [0.1, 0.15) is 0 Å². The quantitative estimate of drug-likeness (QED) is 0.454. The maximum atomic E-state index is 11.3. The maximum Gasteiger partial charge on any atom is 0.186 e. The first-order valence-corrected chi connectivity index (χ1v) is 3.61. The van der Waals surface area contributed by atoms with Gasteiger partial charge >= 0.3 is 0 Å². The Morgan fingerprint density at radius 3 is 2.36 bits per heavy atom. The highest BCUT2D eigenvalue weighted by atomic mass is 16.6. The number of hydrogen-bond donors (Lipinski definition) is 2. The Kier molecular flexibility index (Phi) is 3.65. The lowest BCUT2D eigenvalue weighted by Crippen LogP contribution is -2.43. The summed E-state index contributed by atoms with van der Waals surface area (Å²) in [6, 6.07) is 0. The molecule has 0 aliphatic heterocycles. The number of rotatable bonds is 4. The van der Waals surface area contributed by atoms with Crippen LogP contribution in [0.4, 0.5) is 0 Å². The van der Waals surface area contributed by atoms with E-state index in [-0.39, 0.29) is 5.78 Å². The fraction of sp³-hybridized carbons (Fsp3) is 0.857. The average Bonchev–Trinajstić information content (AvgIpc) is 2.01. The van der Waals surface area contributed by atoms with Gasteiger partial charge in [0.25, 0.3) is 0 Å². The van der Waals surface area contributed by atoms with Gasteiger partial charge in [0.05, 0.1) is 0 Å². The van der Waals surface area contributed by atoms with E-state index < -0.39 is 11.6 Å². The van der Waals surface area contributed by atoms with Gasteiger partial charge in [0.15, 0.2) is 12.0 Å². The van der Waals surface area contributed by atoms with Crippen LogP contribution in [0.1, 0.15) is 27.2 Å². The Balaban J connectivity index is 4.23. The lowest BCUT2D eigenvalue weighted by Gasteiger charge is -2.23. The summed E-state index contributed by atoms with van der Waals surface area (Å²) in [5.74, 6) is 4.61. The summed E-state index contributed by atoms with van der Waals surface area (Å²) >= 11 is 0. The van der Waals surface area contributed by atoms with Crippen LogP contribution in [0.5, 0.6) is 0 Å². The molecule has 4 nitrogen and oxygen atoms in total. The Hall–Kier alpha value is -0.450. The summed E-state index contributed by atoms with van der Waals surface area (Å²) in [6.45, 7) is 5.55. The predicted molar refractivity (Wildman–Crippen MR) is 42.3 cm³/mol. The van der Waals surface area contributed by atoms with Crippen LogP contribution >= 0.6 is 0 Å². The molecule has 0 fully saturated rings. The fourth-order valence-corrected chi connectivity index (χ4v) is 0.621. The van der Waals surface area contributed by atoms with Gasteiger partial charge in [-0.25, -0.2) is 5.90 Å². The average molecular weight is 160 g/mol. The van der Waals surface area contributed by atoms with Crippen molar-refractivity contribution in [1.82, 2.24) is 0 Å². The fourth-order valence-electron chi connectivity index (χ4n) is 0.621. The number of ketones is 1. The van der Waals surface area contributed by atoms with Gasteiger partial charge in [-0.3, -0.25) is 15.4 Å². The molecule has 0 aromatic heterocycles. The normalized spacial score (nSPS) is 14.6.